The van der Waals surface area contributed by atoms with Crippen LogP contribution in [0.1, 0.15) is 39.5 Å². The molecule has 0 heterocycles. The van der Waals surface area contributed by atoms with E-state index >= 15 is 0 Å². The van der Waals surface area contributed by atoms with Crippen LogP contribution in [0.5, 0.6) is 0 Å². The quantitative estimate of drug-likeness (QED) is 0.499. The van der Waals surface area contributed by atoms with Crippen molar-refractivity contribution in [3.8, 4) is 0 Å². The van der Waals surface area contributed by atoms with E-state index in [4.69, 9.17) is 9.79 Å². The van der Waals surface area contributed by atoms with Gasteiger partial charge in [-0.15, -0.1) is 0 Å². The van der Waals surface area contributed by atoms with Gasteiger partial charge in [0.15, 0.2) is 0 Å². The van der Waals surface area contributed by atoms with Crippen LogP contribution in [-0.4, -0.2) is 33.4 Å². The fourth-order valence-corrected chi connectivity index (χ4v) is 2.84. The summed E-state index contributed by atoms with van der Waals surface area (Å²) >= 11 is 0. The Labute approximate surface area is 121 Å². The van der Waals surface area contributed by atoms with Crippen LogP contribution >= 0.6 is 7.82 Å². The zero-order chi connectivity index (χ0) is 18.0. The van der Waals surface area contributed by atoms with Crippen LogP contribution in [0.25, 0.3) is 0 Å². The summed E-state index contributed by atoms with van der Waals surface area (Å²) in [5.41, 5.74) is -3.42. The van der Waals surface area contributed by atoms with Crippen LogP contribution in [0, 0.1) is 0 Å². The molecular weight excluding hydrogens is 348 g/mol. The highest BCUT2D eigenvalue weighted by atomic mass is 31.2. The van der Waals surface area contributed by atoms with Crippen LogP contribution < -0.4 is 0 Å². The monoisotopic (exact) mass is 364 g/mol. The van der Waals surface area contributed by atoms with Crippen molar-refractivity contribution in [1.82, 2.24) is 0 Å². The lowest BCUT2D eigenvalue weighted by Gasteiger charge is -2.42. The molecule has 2 N–H and O–H groups in total. The Morgan fingerprint density at radius 3 is 1.73 bits per heavy atom. The van der Waals surface area contributed by atoms with Crippen molar-refractivity contribution in [2.24, 2.45) is 0 Å². The number of rotatable bonds is 8. The molecule has 0 bridgehead atoms. The molecule has 0 aromatic carbocycles. The van der Waals surface area contributed by atoms with Gasteiger partial charge in [0.2, 0.25) is 0 Å². The maximum atomic E-state index is 14.1. The Morgan fingerprint density at radius 2 is 1.45 bits per heavy atom. The van der Waals surface area contributed by atoms with Crippen molar-refractivity contribution in [2.45, 2.75) is 63.2 Å². The summed E-state index contributed by atoms with van der Waals surface area (Å²) in [4.78, 5) is 17.3. The minimum absolute atomic E-state index is 0.272. The minimum atomic E-state index is -5.65. The van der Waals surface area contributed by atoms with Crippen LogP contribution in [0.3, 0.4) is 0 Å². The van der Waals surface area contributed by atoms with E-state index in [9.17, 15) is 35.3 Å². The van der Waals surface area contributed by atoms with Gasteiger partial charge >= 0.3 is 25.8 Å². The van der Waals surface area contributed by atoms with Crippen molar-refractivity contribution in [2.75, 3.05) is 0 Å². The molecule has 0 rings (SSSR count). The van der Waals surface area contributed by atoms with Crippen molar-refractivity contribution in [3.63, 3.8) is 0 Å². The molecule has 12 heteroatoms. The molecular formula is C10H16F7O4P. The van der Waals surface area contributed by atoms with Crippen molar-refractivity contribution < 1.29 is 49.6 Å². The zero-order valence-electron chi connectivity index (χ0n) is 11.6. The van der Waals surface area contributed by atoms with Gasteiger partial charge in [0, 0.05) is 0 Å². The molecule has 0 aliphatic heterocycles. The zero-order valence-corrected chi connectivity index (χ0v) is 12.5. The maximum absolute atomic E-state index is 14.1. The molecule has 0 radical (unpaired) electrons. The van der Waals surface area contributed by atoms with Gasteiger partial charge in [-0.05, 0) is 12.8 Å². The fraction of sp³-hybridized carbons (Fsp3) is 1.00. The Hall–Kier alpha value is -0.380. The van der Waals surface area contributed by atoms with Crippen molar-refractivity contribution in [3.05, 3.63) is 0 Å². The molecule has 134 valence electrons. The van der Waals surface area contributed by atoms with Crippen LogP contribution in [0.4, 0.5) is 30.7 Å². The predicted octanol–water partition coefficient (Wildman–Crippen LogP) is 4.27. The van der Waals surface area contributed by atoms with E-state index in [0.717, 1.165) is 6.92 Å². The second-order valence-corrected chi connectivity index (χ2v) is 5.91. The van der Waals surface area contributed by atoms with Gasteiger partial charge in [-0.2, -0.15) is 30.7 Å². The van der Waals surface area contributed by atoms with E-state index in [1.54, 1.807) is 0 Å². The molecule has 0 aliphatic rings. The highest BCUT2D eigenvalue weighted by Gasteiger charge is 2.71. The van der Waals surface area contributed by atoms with E-state index in [-0.39, 0.29) is 6.42 Å². The second-order valence-electron chi connectivity index (χ2n) is 4.75. The first-order valence-electron chi connectivity index (χ1n) is 6.12. The summed E-state index contributed by atoms with van der Waals surface area (Å²) in [5, 5.41) is 0. The number of phosphoric acid groups is 1. The molecule has 0 aliphatic carbocycles. The van der Waals surface area contributed by atoms with Gasteiger partial charge in [-0.25, -0.2) is 4.57 Å². The Morgan fingerprint density at radius 1 is 1.00 bits per heavy atom. The number of alkyl halides is 7. The first kappa shape index (κ1) is 21.6. The SMILES string of the molecule is CCCC(CC)(OP(=O)(O)O)C(F)(F)C(F)(F)CC(F)(F)F. The van der Waals surface area contributed by atoms with E-state index < -0.39 is 50.7 Å². The van der Waals surface area contributed by atoms with Gasteiger partial charge in [-0.1, -0.05) is 20.3 Å². The summed E-state index contributed by atoms with van der Waals surface area (Å²) in [5.74, 6) is -11.0. The summed E-state index contributed by atoms with van der Waals surface area (Å²) in [6.45, 7) is 2.09. The minimum Gasteiger partial charge on any atom is -0.303 e. The highest BCUT2D eigenvalue weighted by Crippen LogP contribution is 2.57. The van der Waals surface area contributed by atoms with Gasteiger partial charge in [0.1, 0.15) is 12.0 Å². The lowest BCUT2D eigenvalue weighted by Crippen LogP contribution is -2.60. The molecule has 0 aromatic heterocycles. The van der Waals surface area contributed by atoms with Crippen molar-refractivity contribution >= 4 is 7.82 Å². The second kappa shape index (κ2) is 6.62. The van der Waals surface area contributed by atoms with Gasteiger partial charge in [0.25, 0.3) is 0 Å². The lowest BCUT2D eigenvalue weighted by atomic mass is 9.83. The van der Waals surface area contributed by atoms with E-state index in [0.29, 0.717) is 0 Å². The Kier molecular flexibility index (Phi) is 6.51. The topological polar surface area (TPSA) is 66.8 Å². The van der Waals surface area contributed by atoms with Crippen LogP contribution in [0.2, 0.25) is 0 Å². The molecule has 0 saturated carbocycles. The summed E-state index contributed by atoms with van der Waals surface area (Å²) in [6.07, 6.45) is -11.0. The molecule has 0 amide bonds. The molecule has 0 fully saturated rings. The fourth-order valence-electron chi connectivity index (χ4n) is 2.05. The Balaban J connectivity index is 5.93. The average Bonchev–Trinajstić information content (AvgIpc) is 2.22. The van der Waals surface area contributed by atoms with E-state index in [1.165, 1.54) is 6.92 Å². The molecule has 0 spiro atoms. The van der Waals surface area contributed by atoms with Crippen molar-refractivity contribution in [1.29, 1.82) is 0 Å². The molecule has 22 heavy (non-hydrogen) atoms. The number of phosphoric ester groups is 1. The molecule has 1 atom stereocenters. The Bertz CT molecular complexity index is 420. The van der Waals surface area contributed by atoms with Gasteiger partial charge < -0.3 is 9.79 Å². The number of hydrogen-bond acceptors (Lipinski definition) is 2. The molecule has 0 saturated heterocycles. The maximum Gasteiger partial charge on any atom is 0.470 e. The smallest absolute Gasteiger partial charge is 0.303 e. The van der Waals surface area contributed by atoms with E-state index in [2.05, 4.69) is 4.52 Å². The lowest BCUT2D eigenvalue weighted by molar-refractivity contribution is -0.315. The third-order valence-electron chi connectivity index (χ3n) is 2.97. The number of halogens is 7. The third kappa shape index (κ3) is 5.07. The normalized spacial score (nSPS) is 17.4. The first-order valence-corrected chi connectivity index (χ1v) is 7.65. The predicted molar refractivity (Wildman–Crippen MR) is 61.6 cm³/mol. The summed E-state index contributed by atoms with van der Waals surface area (Å²) < 4.78 is 106. The van der Waals surface area contributed by atoms with Gasteiger partial charge in [-0.3, -0.25) is 4.52 Å². The molecule has 4 nitrogen and oxygen atoms in total. The largest absolute Gasteiger partial charge is 0.470 e. The first-order chi connectivity index (χ1) is 9.54. The van der Waals surface area contributed by atoms with E-state index in [1.807, 2.05) is 0 Å². The van der Waals surface area contributed by atoms with Crippen LogP contribution in [-0.2, 0) is 9.09 Å². The molecule has 1 unspecified atom stereocenters. The molecule has 0 aromatic rings. The average molecular weight is 364 g/mol. The standard InChI is InChI=1S/C10H16F7O4P/c1-3-5-7(4-2,21-22(18,19)20)10(16,17)8(11,12)6-9(13,14)15/h3-6H2,1-2H3,(H2,18,19,20). The highest BCUT2D eigenvalue weighted by molar-refractivity contribution is 7.46. The van der Waals surface area contributed by atoms with Gasteiger partial charge in [0.05, 0.1) is 0 Å². The number of hydrogen-bond donors (Lipinski definition) is 2. The third-order valence-corrected chi connectivity index (χ3v) is 3.56. The summed E-state index contributed by atoms with van der Waals surface area (Å²) in [7, 11) is -5.65. The van der Waals surface area contributed by atoms with Crippen LogP contribution in [0.15, 0.2) is 0 Å². The summed E-state index contributed by atoms with van der Waals surface area (Å²) in [6, 6.07) is 0.